The minimum Gasteiger partial charge on any atom is -0.507 e. The van der Waals surface area contributed by atoms with E-state index in [9.17, 15) is 20.1 Å². The number of allylic oxidation sites excluding steroid dienone is 2. The van der Waals surface area contributed by atoms with Gasteiger partial charge in [0.2, 0.25) is 5.43 Å². The number of para-hydroxylation sites is 1. The van der Waals surface area contributed by atoms with Gasteiger partial charge >= 0.3 is 0 Å². The van der Waals surface area contributed by atoms with E-state index < -0.39 is 0 Å². The van der Waals surface area contributed by atoms with Crippen LogP contribution < -0.4 is 5.43 Å². The van der Waals surface area contributed by atoms with E-state index in [1.54, 1.807) is 12.1 Å². The number of pyridine rings is 1. The minimum absolute atomic E-state index is 0.0579. The summed E-state index contributed by atoms with van der Waals surface area (Å²) in [6, 6.07) is 5.80. The molecule has 0 radical (unpaired) electrons. The molecule has 0 saturated heterocycles. The Hall–Kier alpha value is -2.95. The molecule has 0 amide bonds. The zero-order valence-electron chi connectivity index (χ0n) is 12.8. The zero-order chi connectivity index (χ0) is 16.7. The Morgan fingerprint density at radius 1 is 1.09 bits per heavy atom. The van der Waals surface area contributed by atoms with Crippen molar-refractivity contribution in [2.45, 2.75) is 20.3 Å². The molecule has 0 aliphatic heterocycles. The summed E-state index contributed by atoms with van der Waals surface area (Å²) in [7, 11) is 0. The van der Waals surface area contributed by atoms with Gasteiger partial charge in [0, 0.05) is 11.6 Å². The molecule has 3 rings (SSSR count). The highest BCUT2D eigenvalue weighted by Gasteiger charge is 2.17. The van der Waals surface area contributed by atoms with Crippen molar-refractivity contribution in [1.82, 2.24) is 4.98 Å². The molecular weight excluding hydrogens is 294 g/mol. The SMILES string of the molecule is CC(C)=CCc1c(O)cc(O)c2c(=O)c3cccc(O)c3[nH]c12. The van der Waals surface area contributed by atoms with Gasteiger partial charge in [-0.2, -0.15) is 0 Å². The summed E-state index contributed by atoms with van der Waals surface area (Å²) in [5.41, 5.74) is 1.80. The Morgan fingerprint density at radius 3 is 2.52 bits per heavy atom. The van der Waals surface area contributed by atoms with Crippen LogP contribution in [-0.2, 0) is 6.42 Å². The van der Waals surface area contributed by atoms with Crippen LogP contribution in [0.5, 0.6) is 17.2 Å². The fourth-order valence-corrected chi connectivity index (χ4v) is 2.70. The number of hydrogen-bond donors (Lipinski definition) is 4. The van der Waals surface area contributed by atoms with Gasteiger partial charge in [0.1, 0.15) is 17.2 Å². The number of fused-ring (bicyclic) bond motifs is 2. The number of phenols is 3. The molecule has 0 bridgehead atoms. The van der Waals surface area contributed by atoms with E-state index in [2.05, 4.69) is 4.98 Å². The summed E-state index contributed by atoms with van der Waals surface area (Å²) in [6.07, 6.45) is 2.32. The maximum absolute atomic E-state index is 12.7. The average molecular weight is 311 g/mol. The monoisotopic (exact) mass is 311 g/mol. The molecule has 0 fully saturated rings. The van der Waals surface area contributed by atoms with Crippen LogP contribution in [0.3, 0.4) is 0 Å². The lowest BCUT2D eigenvalue weighted by Gasteiger charge is -2.11. The van der Waals surface area contributed by atoms with Crippen molar-refractivity contribution < 1.29 is 15.3 Å². The van der Waals surface area contributed by atoms with Crippen molar-refractivity contribution in [3.8, 4) is 17.2 Å². The largest absolute Gasteiger partial charge is 0.507 e. The summed E-state index contributed by atoms with van der Waals surface area (Å²) in [5, 5.41) is 30.7. The summed E-state index contributed by atoms with van der Waals surface area (Å²) in [5.74, 6) is -0.444. The van der Waals surface area contributed by atoms with Crippen LogP contribution in [-0.4, -0.2) is 20.3 Å². The van der Waals surface area contributed by atoms with Gasteiger partial charge < -0.3 is 20.3 Å². The number of rotatable bonds is 2. The van der Waals surface area contributed by atoms with Crippen molar-refractivity contribution >= 4 is 21.8 Å². The van der Waals surface area contributed by atoms with Crippen molar-refractivity contribution in [3.05, 3.63) is 51.7 Å². The molecule has 118 valence electrons. The minimum atomic E-state index is -0.388. The van der Waals surface area contributed by atoms with E-state index in [0.29, 0.717) is 17.5 Å². The highest BCUT2D eigenvalue weighted by atomic mass is 16.3. The molecule has 23 heavy (non-hydrogen) atoms. The number of benzene rings is 2. The fourth-order valence-electron chi connectivity index (χ4n) is 2.70. The van der Waals surface area contributed by atoms with Crippen LogP contribution >= 0.6 is 0 Å². The van der Waals surface area contributed by atoms with E-state index in [1.807, 2.05) is 19.9 Å². The van der Waals surface area contributed by atoms with Crippen molar-refractivity contribution in [1.29, 1.82) is 0 Å². The Morgan fingerprint density at radius 2 is 1.83 bits per heavy atom. The van der Waals surface area contributed by atoms with Crippen LogP contribution in [0.15, 0.2) is 40.7 Å². The highest BCUT2D eigenvalue weighted by Crippen LogP contribution is 2.34. The second-order valence-electron chi connectivity index (χ2n) is 5.78. The first-order valence-electron chi connectivity index (χ1n) is 7.25. The van der Waals surface area contributed by atoms with E-state index >= 15 is 0 Å². The zero-order valence-corrected chi connectivity index (χ0v) is 12.8. The van der Waals surface area contributed by atoms with E-state index in [4.69, 9.17) is 0 Å². The Balaban J connectivity index is 2.50. The number of hydrogen-bond acceptors (Lipinski definition) is 4. The molecule has 0 atom stereocenters. The molecule has 0 aliphatic rings. The summed E-state index contributed by atoms with van der Waals surface area (Å²) in [4.78, 5) is 15.7. The predicted octanol–water partition coefficient (Wildman–Crippen LogP) is 3.31. The van der Waals surface area contributed by atoms with E-state index in [0.717, 1.165) is 5.57 Å². The van der Waals surface area contributed by atoms with Gasteiger partial charge in [-0.15, -0.1) is 0 Å². The normalized spacial score (nSPS) is 11.0. The number of nitrogens with one attached hydrogen (secondary N) is 1. The second-order valence-corrected chi connectivity index (χ2v) is 5.78. The lowest BCUT2D eigenvalue weighted by Crippen LogP contribution is -2.06. The van der Waals surface area contributed by atoms with Gasteiger partial charge in [-0.05, 0) is 32.4 Å². The van der Waals surface area contributed by atoms with Crippen LogP contribution in [0, 0.1) is 0 Å². The number of aromatic amines is 1. The molecule has 0 saturated carbocycles. The lowest BCUT2D eigenvalue weighted by atomic mass is 10.0. The number of aromatic hydroxyl groups is 3. The molecule has 2 aromatic carbocycles. The molecule has 0 spiro atoms. The third kappa shape index (κ3) is 2.40. The maximum Gasteiger partial charge on any atom is 0.201 e. The molecule has 3 aromatic rings. The van der Waals surface area contributed by atoms with Crippen LogP contribution in [0.2, 0.25) is 0 Å². The first-order chi connectivity index (χ1) is 10.9. The maximum atomic E-state index is 12.7. The van der Waals surface area contributed by atoms with Crippen LogP contribution in [0.4, 0.5) is 0 Å². The lowest BCUT2D eigenvalue weighted by molar-refractivity contribution is 0.451. The van der Waals surface area contributed by atoms with Gasteiger partial charge in [0.15, 0.2) is 0 Å². The topological polar surface area (TPSA) is 93.6 Å². The molecular formula is C18H17NO4. The molecule has 5 heteroatoms. The predicted molar refractivity (Wildman–Crippen MR) is 90.2 cm³/mol. The quantitative estimate of drug-likeness (QED) is 0.431. The van der Waals surface area contributed by atoms with Gasteiger partial charge in [-0.3, -0.25) is 4.79 Å². The van der Waals surface area contributed by atoms with Gasteiger partial charge in [-0.1, -0.05) is 17.7 Å². The highest BCUT2D eigenvalue weighted by molar-refractivity contribution is 5.99. The molecule has 0 unspecified atom stereocenters. The third-order valence-corrected chi connectivity index (χ3v) is 3.87. The van der Waals surface area contributed by atoms with Crippen LogP contribution in [0.25, 0.3) is 21.8 Å². The Labute approximate surface area is 132 Å². The third-order valence-electron chi connectivity index (χ3n) is 3.87. The van der Waals surface area contributed by atoms with Gasteiger partial charge in [-0.25, -0.2) is 0 Å². The first kappa shape index (κ1) is 15.0. The van der Waals surface area contributed by atoms with E-state index in [1.165, 1.54) is 12.1 Å². The number of H-pyrrole nitrogens is 1. The molecule has 1 aromatic heterocycles. The standard InChI is InChI=1S/C18H17NO4/c1-9(2)6-7-10-13(21)8-14(22)15-17(10)19-16-11(18(15)23)4-3-5-12(16)20/h3-6,8,20-22H,7H2,1-2H3,(H,19,23). The number of phenolic OH excluding ortho intramolecular Hbond substituents is 3. The molecule has 0 aliphatic carbocycles. The van der Waals surface area contributed by atoms with Crippen molar-refractivity contribution in [2.24, 2.45) is 0 Å². The first-order valence-corrected chi connectivity index (χ1v) is 7.25. The fraction of sp³-hybridized carbons (Fsp3) is 0.167. The molecule has 5 nitrogen and oxygen atoms in total. The summed E-state index contributed by atoms with van der Waals surface area (Å²) >= 11 is 0. The smallest absolute Gasteiger partial charge is 0.201 e. The van der Waals surface area contributed by atoms with Gasteiger partial charge in [0.05, 0.1) is 21.8 Å². The molecule has 1 heterocycles. The van der Waals surface area contributed by atoms with Crippen molar-refractivity contribution in [3.63, 3.8) is 0 Å². The summed E-state index contributed by atoms with van der Waals surface area (Å²) in [6.45, 7) is 3.87. The Kier molecular flexibility index (Phi) is 3.48. The molecule has 4 N–H and O–H groups in total. The number of aromatic nitrogens is 1. The van der Waals surface area contributed by atoms with Gasteiger partial charge in [0.25, 0.3) is 0 Å². The van der Waals surface area contributed by atoms with Crippen molar-refractivity contribution in [2.75, 3.05) is 0 Å². The second kappa shape index (κ2) is 5.35. The van der Waals surface area contributed by atoms with E-state index in [-0.39, 0.29) is 39.0 Å². The van der Waals surface area contributed by atoms with Crippen LogP contribution in [0.1, 0.15) is 19.4 Å². The summed E-state index contributed by atoms with van der Waals surface area (Å²) < 4.78 is 0. The average Bonchev–Trinajstić information content (AvgIpc) is 2.47. The Bertz CT molecular complexity index is 1010.